The Labute approximate surface area is 285 Å². The molecule has 0 fully saturated rings. The van der Waals surface area contributed by atoms with Crippen LogP contribution < -0.4 is 0 Å². The van der Waals surface area contributed by atoms with Gasteiger partial charge in [0.15, 0.2) is 0 Å². The van der Waals surface area contributed by atoms with Gasteiger partial charge in [0.1, 0.15) is 13.2 Å². The Bertz CT molecular complexity index is 1830. The van der Waals surface area contributed by atoms with Gasteiger partial charge in [-0.2, -0.15) is 0 Å². The van der Waals surface area contributed by atoms with Crippen LogP contribution in [0, 0.1) is 0 Å². The molecular weight excluding hydrogens is 588 g/mol. The fourth-order valence-corrected chi connectivity index (χ4v) is 6.71. The number of hydrogen-bond donors (Lipinski definition) is 0. The van der Waals surface area contributed by atoms with E-state index in [9.17, 15) is 0 Å². The molecule has 2 heterocycles. The molecule has 0 aliphatic carbocycles. The lowest BCUT2D eigenvalue weighted by atomic mass is 9.92. The Kier molecular flexibility index (Phi) is 8.75. The number of rotatable bonds is 10. The van der Waals surface area contributed by atoms with E-state index in [2.05, 4.69) is 149 Å². The first-order valence-electron chi connectivity index (χ1n) is 17.4. The van der Waals surface area contributed by atoms with Crippen LogP contribution >= 0.6 is 0 Å². The molecule has 0 radical (unpaired) electrons. The Hall–Kier alpha value is -4.96. The average Bonchev–Trinajstić information content (AvgIpc) is 3.82. The van der Waals surface area contributed by atoms with Crippen molar-refractivity contribution in [3.05, 3.63) is 132 Å². The van der Waals surface area contributed by atoms with E-state index < -0.39 is 0 Å². The third-order valence-corrected chi connectivity index (χ3v) is 10.5. The van der Waals surface area contributed by atoms with Crippen molar-refractivity contribution in [2.75, 3.05) is 13.2 Å². The zero-order valence-corrected chi connectivity index (χ0v) is 28.5. The maximum absolute atomic E-state index is 6.08. The molecule has 0 aromatic heterocycles. The third-order valence-electron chi connectivity index (χ3n) is 10.5. The van der Waals surface area contributed by atoms with E-state index in [1.165, 1.54) is 22.3 Å². The fraction of sp³-hybridized carbons (Fsp3) is 0.273. The van der Waals surface area contributed by atoms with E-state index in [4.69, 9.17) is 19.5 Å². The highest BCUT2D eigenvalue weighted by Gasteiger charge is 2.34. The Morgan fingerprint density at radius 2 is 0.688 bits per heavy atom. The lowest BCUT2D eigenvalue weighted by Gasteiger charge is -2.18. The normalized spacial score (nSPS) is 16.2. The molecule has 2 aliphatic heterocycles. The first kappa shape index (κ1) is 31.6. The van der Waals surface area contributed by atoms with Crippen molar-refractivity contribution in [3.8, 4) is 44.5 Å². The van der Waals surface area contributed by atoms with E-state index in [1.54, 1.807) is 0 Å². The summed E-state index contributed by atoms with van der Waals surface area (Å²) in [6.45, 7) is 10.1. The second-order valence-corrected chi connectivity index (χ2v) is 13.2. The number of hydrogen-bond acceptors (Lipinski definition) is 4. The van der Waals surface area contributed by atoms with Gasteiger partial charge >= 0.3 is 0 Å². The van der Waals surface area contributed by atoms with Crippen LogP contribution in [-0.4, -0.2) is 36.1 Å². The van der Waals surface area contributed by atoms with Crippen molar-refractivity contribution in [1.82, 2.24) is 0 Å². The smallest absolute Gasteiger partial charge is 0.216 e. The van der Waals surface area contributed by atoms with Crippen molar-refractivity contribution in [2.24, 2.45) is 9.98 Å². The molecule has 0 saturated heterocycles. The van der Waals surface area contributed by atoms with Gasteiger partial charge in [-0.15, -0.1) is 0 Å². The van der Waals surface area contributed by atoms with Gasteiger partial charge < -0.3 is 9.47 Å². The van der Waals surface area contributed by atoms with Crippen molar-refractivity contribution < 1.29 is 9.47 Å². The second-order valence-electron chi connectivity index (χ2n) is 13.2. The summed E-state index contributed by atoms with van der Waals surface area (Å²) in [4.78, 5) is 9.99. The molecule has 5 aromatic carbocycles. The van der Waals surface area contributed by atoms with E-state index in [0.29, 0.717) is 13.2 Å². The molecule has 0 N–H and O–H groups in total. The Morgan fingerprint density at radius 1 is 0.396 bits per heavy atom. The molecular formula is C44H44N2O2. The highest BCUT2D eigenvalue weighted by molar-refractivity contribution is 5.97. The minimum atomic E-state index is -0.103. The molecule has 4 nitrogen and oxygen atoms in total. The maximum Gasteiger partial charge on any atom is 0.216 e. The first-order chi connectivity index (χ1) is 23.5. The molecule has 2 aliphatic rings. The van der Waals surface area contributed by atoms with E-state index in [0.717, 1.165) is 70.9 Å². The van der Waals surface area contributed by atoms with Gasteiger partial charge in [-0.05, 0) is 113 Å². The van der Waals surface area contributed by atoms with Crippen LogP contribution in [0.1, 0.15) is 64.5 Å². The highest BCUT2D eigenvalue weighted by Crippen LogP contribution is 2.36. The van der Waals surface area contributed by atoms with Gasteiger partial charge in [0.2, 0.25) is 11.8 Å². The summed E-state index contributed by atoms with van der Waals surface area (Å²) in [5.41, 5.74) is 11.3. The van der Waals surface area contributed by atoms with Crippen LogP contribution in [-0.2, 0) is 9.47 Å². The molecule has 48 heavy (non-hydrogen) atoms. The SMILES string of the molecule is CCC1(CC)COC(c2ccc(-c3cc(-c4ccc(C5=NC(CC)(CC)CO5)cc4)cc(-c4ccc(-c5ccccc5)cc4)c3)cc2)=N1. The van der Waals surface area contributed by atoms with Crippen molar-refractivity contribution in [1.29, 1.82) is 0 Å². The molecule has 0 unspecified atom stereocenters. The quantitative estimate of drug-likeness (QED) is 0.154. The molecule has 0 saturated carbocycles. The van der Waals surface area contributed by atoms with Crippen LogP contribution in [0.25, 0.3) is 44.5 Å². The zero-order valence-electron chi connectivity index (χ0n) is 28.5. The molecule has 5 aromatic rings. The topological polar surface area (TPSA) is 43.2 Å². The third kappa shape index (κ3) is 6.20. The van der Waals surface area contributed by atoms with Crippen LogP contribution in [0.2, 0.25) is 0 Å². The number of aliphatic imine (C=N–C) groups is 2. The van der Waals surface area contributed by atoms with Gasteiger partial charge in [0.05, 0.1) is 11.1 Å². The summed E-state index contributed by atoms with van der Waals surface area (Å²) in [6, 6.07) is 43.6. The Balaban J connectivity index is 1.24. The van der Waals surface area contributed by atoms with E-state index >= 15 is 0 Å². The fourth-order valence-electron chi connectivity index (χ4n) is 6.71. The zero-order chi connectivity index (χ0) is 33.1. The van der Waals surface area contributed by atoms with Gasteiger partial charge in [-0.3, -0.25) is 0 Å². The molecule has 4 heteroatoms. The van der Waals surface area contributed by atoms with Crippen LogP contribution in [0.15, 0.2) is 131 Å². The summed E-state index contributed by atoms with van der Waals surface area (Å²) in [5, 5.41) is 0. The lowest BCUT2D eigenvalue weighted by Crippen LogP contribution is -2.25. The molecule has 0 amide bonds. The molecule has 0 spiro atoms. The average molecular weight is 633 g/mol. The highest BCUT2D eigenvalue weighted by atomic mass is 16.5. The minimum absolute atomic E-state index is 0.103. The summed E-state index contributed by atoms with van der Waals surface area (Å²) < 4.78 is 12.2. The Morgan fingerprint density at radius 3 is 1.00 bits per heavy atom. The van der Waals surface area contributed by atoms with Gasteiger partial charge in [0, 0.05) is 11.1 Å². The maximum atomic E-state index is 6.08. The molecule has 0 bridgehead atoms. The van der Waals surface area contributed by atoms with Gasteiger partial charge in [-0.1, -0.05) is 107 Å². The van der Waals surface area contributed by atoms with Gasteiger partial charge in [-0.25, -0.2) is 9.98 Å². The van der Waals surface area contributed by atoms with E-state index in [1.807, 2.05) is 0 Å². The van der Waals surface area contributed by atoms with Crippen LogP contribution in [0.5, 0.6) is 0 Å². The minimum Gasteiger partial charge on any atom is -0.475 e. The number of benzene rings is 5. The summed E-state index contributed by atoms with van der Waals surface area (Å²) in [7, 11) is 0. The lowest BCUT2D eigenvalue weighted by molar-refractivity contribution is 0.244. The van der Waals surface area contributed by atoms with Gasteiger partial charge in [0.25, 0.3) is 0 Å². The monoisotopic (exact) mass is 632 g/mol. The molecule has 7 rings (SSSR count). The van der Waals surface area contributed by atoms with Crippen molar-refractivity contribution in [2.45, 2.75) is 64.5 Å². The van der Waals surface area contributed by atoms with E-state index in [-0.39, 0.29) is 11.1 Å². The predicted molar refractivity (Wildman–Crippen MR) is 200 cm³/mol. The molecule has 0 atom stereocenters. The predicted octanol–water partition coefficient (Wildman–Crippen LogP) is 11.0. The molecule has 242 valence electrons. The van der Waals surface area contributed by atoms with Crippen LogP contribution in [0.3, 0.4) is 0 Å². The second kappa shape index (κ2) is 13.3. The first-order valence-corrected chi connectivity index (χ1v) is 17.4. The number of ether oxygens (including phenoxy) is 2. The van der Waals surface area contributed by atoms with Crippen molar-refractivity contribution in [3.63, 3.8) is 0 Å². The standard InChI is InChI=1S/C44H44N2O2/c1-5-43(6-2)29-47-41(45-43)36-22-18-34(19-23-36)39-26-38(33-16-14-32(15-17-33)31-12-10-9-11-13-31)27-40(28-39)35-20-24-37(25-21-35)42-46-44(7-3,8-4)30-48-42/h9-28H,5-8,29-30H2,1-4H3. The van der Waals surface area contributed by atoms with Crippen molar-refractivity contribution >= 4 is 11.8 Å². The van der Waals surface area contributed by atoms with Crippen LogP contribution in [0.4, 0.5) is 0 Å². The summed E-state index contributed by atoms with van der Waals surface area (Å²) >= 11 is 0. The number of nitrogens with zero attached hydrogens (tertiary/aromatic N) is 2. The summed E-state index contributed by atoms with van der Waals surface area (Å²) in [6.07, 6.45) is 3.92. The largest absolute Gasteiger partial charge is 0.475 e. The summed E-state index contributed by atoms with van der Waals surface area (Å²) in [5.74, 6) is 1.51.